The van der Waals surface area contributed by atoms with E-state index in [-0.39, 0.29) is 11.9 Å². The summed E-state index contributed by atoms with van der Waals surface area (Å²) in [5.74, 6) is -0.178. The van der Waals surface area contributed by atoms with Gasteiger partial charge in [0.25, 0.3) is 5.91 Å². The van der Waals surface area contributed by atoms with Gasteiger partial charge in [-0.15, -0.1) is 5.10 Å². The summed E-state index contributed by atoms with van der Waals surface area (Å²) < 4.78 is 0. The highest BCUT2D eigenvalue weighted by Crippen LogP contribution is 2.31. The highest BCUT2D eigenvalue weighted by Gasteiger charge is 2.12. The lowest BCUT2D eigenvalue weighted by Crippen LogP contribution is -2.14. The molecule has 4 aromatic rings. The minimum Gasteiger partial charge on any atom is -0.289 e. The molecule has 1 heterocycles. The second-order valence-electron chi connectivity index (χ2n) is 6.06. The Morgan fingerprint density at radius 2 is 1.54 bits per heavy atom. The minimum atomic E-state index is -0.327. The molecule has 0 radical (unpaired) electrons. The molecule has 6 heteroatoms. The van der Waals surface area contributed by atoms with Gasteiger partial charge in [-0.25, -0.2) is 4.98 Å². The monoisotopic (exact) mass is 386 g/mol. The third-order valence-electron chi connectivity index (χ3n) is 4.24. The normalized spacial score (nSPS) is 10.5. The highest BCUT2D eigenvalue weighted by molar-refractivity contribution is 6.33. The van der Waals surface area contributed by atoms with Crippen LogP contribution >= 0.6 is 11.6 Å². The van der Waals surface area contributed by atoms with Gasteiger partial charge in [0.15, 0.2) is 0 Å². The molecule has 3 aromatic carbocycles. The molecule has 0 bridgehead atoms. The van der Waals surface area contributed by atoms with E-state index in [2.05, 4.69) is 32.6 Å². The molecule has 5 nitrogen and oxygen atoms in total. The standard InChI is InChI=1S/C22H15ClN4O/c23-20-11-10-18(21(28)26-22-24-12-13-25-27-22)14-19(20)17-8-6-16(7-9-17)15-4-2-1-3-5-15/h1-14H,(H,24,26,27,28). The zero-order valence-corrected chi connectivity index (χ0v) is 15.5. The van der Waals surface area contributed by atoms with Gasteiger partial charge in [-0.05, 0) is 34.9 Å². The van der Waals surface area contributed by atoms with E-state index in [9.17, 15) is 4.79 Å². The third kappa shape index (κ3) is 3.89. The molecule has 0 saturated carbocycles. The third-order valence-corrected chi connectivity index (χ3v) is 4.57. The molecule has 1 aromatic heterocycles. The summed E-state index contributed by atoms with van der Waals surface area (Å²) in [5, 5.41) is 10.6. The fraction of sp³-hybridized carbons (Fsp3) is 0. The molecule has 0 aliphatic heterocycles. The Balaban J connectivity index is 1.61. The van der Waals surface area contributed by atoms with Gasteiger partial charge in [-0.2, -0.15) is 5.10 Å². The summed E-state index contributed by atoms with van der Waals surface area (Å²) in [4.78, 5) is 16.4. The summed E-state index contributed by atoms with van der Waals surface area (Å²) in [6.07, 6.45) is 2.90. The molecule has 4 rings (SSSR count). The molecule has 0 aliphatic rings. The number of nitrogens with zero attached hydrogens (tertiary/aromatic N) is 3. The number of rotatable bonds is 4. The lowest BCUT2D eigenvalue weighted by atomic mass is 9.99. The molecule has 0 aliphatic carbocycles. The number of hydrogen-bond donors (Lipinski definition) is 1. The molecule has 136 valence electrons. The van der Waals surface area contributed by atoms with Crippen molar-refractivity contribution in [1.82, 2.24) is 15.2 Å². The Hall–Kier alpha value is -3.57. The van der Waals surface area contributed by atoms with Crippen LogP contribution < -0.4 is 5.32 Å². The summed E-state index contributed by atoms with van der Waals surface area (Å²) in [7, 11) is 0. The summed E-state index contributed by atoms with van der Waals surface area (Å²) >= 11 is 6.39. The fourth-order valence-corrected chi connectivity index (χ4v) is 3.07. The van der Waals surface area contributed by atoms with E-state index in [0.29, 0.717) is 10.6 Å². The van der Waals surface area contributed by atoms with Crippen molar-refractivity contribution in [3.63, 3.8) is 0 Å². The molecule has 28 heavy (non-hydrogen) atoms. The van der Waals surface area contributed by atoms with Crippen molar-refractivity contribution in [2.24, 2.45) is 0 Å². The average molecular weight is 387 g/mol. The van der Waals surface area contributed by atoms with Crippen molar-refractivity contribution in [1.29, 1.82) is 0 Å². The van der Waals surface area contributed by atoms with Gasteiger partial charge in [0, 0.05) is 16.1 Å². The molecule has 0 spiro atoms. The highest BCUT2D eigenvalue weighted by atomic mass is 35.5. The van der Waals surface area contributed by atoms with Crippen LogP contribution in [0.5, 0.6) is 0 Å². The number of amides is 1. The van der Waals surface area contributed by atoms with E-state index in [1.807, 2.05) is 42.5 Å². The predicted molar refractivity (Wildman–Crippen MR) is 110 cm³/mol. The number of nitrogens with one attached hydrogen (secondary N) is 1. The number of carbonyl (C=O) groups excluding carboxylic acids is 1. The Kier molecular flexibility index (Phi) is 5.08. The zero-order valence-electron chi connectivity index (χ0n) is 14.7. The van der Waals surface area contributed by atoms with Crippen LogP contribution in [0.3, 0.4) is 0 Å². The van der Waals surface area contributed by atoms with E-state index in [1.165, 1.54) is 12.4 Å². The number of hydrogen-bond acceptors (Lipinski definition) is 4. The Labute approximate surface area is 167 Å². The summed E-state index contributed by atoms with van der Waals surface area (Å²) in [5.41, 5.74) is 4.42. The van der Waals surface area contributed by atoms with E-state index in [1.54, 1.807) is 18.2 Å². The van der Waals surface area contributed by atoms with Gasteiger partial charge >= 0.3 is 0 Å². The molecule has 0 unspecified atom stereocenters. The van der Waals surface area contributed by atoms with Gasteiger partial charge < -0.3 is 0 Å². The number of benzene rings is 3. The predicted octanol–water partition coefficient (Wildman–Crippen LogP) is 5.11. The van der Waals surface area contributed by atoms with Crippen molar-refractivity contribution in [3.8, 4) is 22.3 Å². The molecular formula is C22H15ClN4O. The number of anilines is 1. The van der Waals surface area contributed by atoms with E-state index in [4.69, 9.17) is 11.6 Å². The van der Waals surface area contributed by atoms with Crippen LogP contribution in [0, 0.1) is 0 Å². The molecule has 0 fully saturated rings. The molecular weight excluding hydrogens is 372 g/mol. The van der Waals surface area contributed by atoms with Crippen LogP contribution in [0.15, 0.2) is 85.2 Å². The second-order valence-corrected chi connectivity index (χ2v) is 6.47. The van der Waals surface area contributed by atoms with E-state index in [0.717, 1.165) is 22.3 Å². The van der Waals surface area contributed by atoms with Crippen LogP contribution in [0.1, 0.15) is 10.4 Å². The smallest absolute Gasteiger partial charge is 0.258 e. The number of halogens is 1. The maximum Gasteiger partial charge on any atom is 0.258 e. The molecule has 0 atom stereocenters. The van der Waals surface area contributed by atoms with Gasteiger partial charge in [0.2, 0.25) is 5.95 Å². The molecule has 0 saturated heterocycles. The summed E-state index contributed by atoms with van der Waals surface area (Å²) in [6.45, 7) is 0. The van der Waals surface area contributed by atoms with Crippen LogP contribution in [-0.4, -0.2) is 21.1 Å². The lowest BCUT2D eigenvalue weighted by molar-refractivity contribution is 0.102. The Bertz CT molecular complexity index is 1100. The summed E-state index contributed by atoms with van der Waals surface area (Å²) in [6, 6.07) is 23.3. The number of aromatic nitrogens is 3. The van der Waals surface area contributed by atoms with Gasteiger partial charge in [0.05, 0.1) is 12.4 Å². The maximum atomic E-state index is 12.5. The minimum absolute atomic E-state index is 0.149. The van der Waals surface area contributed by atoms with Gasteiger partial charge in [-0.1, -0.05) is 66.2 Å². The van der Waals surface area contributed by atoms with Crippen LogP contribution in [0.4, 0.5) is 5.95 Å². The van der Waals surface area contributed by atoms with Crippen molar-refractivity contribution >= 4 is 23.5 Å². The van der Waals surface area contributed by atoms with Crippen molar-refractivity contribution in [3.05, 3.63) is 95.8 Å². The topological polar surface area (TPSA) is 67.8 Å². The fourth-order valence-electron chi connectivity index (χ4n) is 2.84. The molecule has 1 N–H and O–H groups in total. The first-order valence-electron chi connectivity index (χ1n) is 8.61. The van der Waals surface area contributed by atoms with Crippen molar-refractivity contribution in [2.75, 3.05) is 5.32 Å². The first-order chi connectivity index (χ1) is 13.7. The van der Waals surface area contributed by atoms with Gasteiger partial charge in [0.1, 0.15) is 0 Å². The SMILES string of the molecule is O=C(Nc1nccnn1)c1ccc(Cl)c(-c2ccc(-c3ccccc3)cc2)c1. The van der Waals surface area contributed by atoms with Crippen LogP contribution in [0.25, 0.3) is 22.3 Å². The Morgan fingerprint density at radius 1 is 0.821 bits per heavy atom. The van der Waals surface area contributed by atoms with Crippen LogP contribution in [-0.2, 0) is 0 Å². The maximum absolute atomic E-state index is 12.5. The first-order valence-corrected chi connectivity index (χ1v) is 8.99. The second kappa shape index (κ2) is 7.98. The Morgan fingerprint density at radius 3 is 2.25 bits per heavy atom. The quantitative estimate of drug-likeness (QED) is 0.529. The van der Waals surface area contributed by atoms with E-state index < -0.39 is 0 Å². The zero-order chi connectivity index (χ0) is 19.3. The largest absolute Gasteiger partial charge is 0.289 e. The first kappa shape index (κ1) is 17.8. The average Bonchev–Trinajstić information content (AvgIpc) is 2.75. The lowest BCUT2D eigenvalue weighted by Gasteiger charge is -2.09. The number of carbonyl (C=O) groups is 1. The molecule has 1 amide bonds. The van der Waals surface area contributed by atoms with Crippen molar-refractivity contribution in [2.45, 2.75) is 0 Å². The van der Waals surface area contributed by atoms with Gasteiger partial charge in [-0.3, -0.25) is 10.1 Å². The van der Waals surface area contributed by atoms with Crippen molar-refractivity contribution < 1.29 is 4.79 Å². The van der Waals surface area contributed by atoms with Crippen LogP contribution in [0.2, 0.25) is 5.02 Å². The van der Waals surface area contributed by atoms with E-state index >= 15 is 0 Å².